The average Bonchev–Trinajstić information content (AvgIpc) is 2.61. The Morgan fingerprint density at radius 2 is 2.31 bits per heavy atom. The fourth-order valence-electron chi connectivity index (χ4n) is 1.58. The molecule has 2 atom stereocenters. The number of Topliss-reactive ketones (excluding diaryl/α,β-unsaturated/α-hetero) is 1. The highest BCUT2D eigenvalue weighted by Gasteiger charge is 2.38. The molecule has 1 heterocycles. The summed E-state index contributed by atoms with van der Waals surface area (Å²) in [5.41, 5.74) is 0. The van der Waals surface area contributed by atoms with Gasteiger partial charge in [0.1, 0.15) is 12.7 Å². The zero-order chi connectivity index (χ0) is 12.0. The second-order valence-electron chi connectivity index (χ2n) is 3.87. The Labute approximate surface area is 94.7 Å². The first kappa shape index (κ1) is 13.1. The van der Waals surface area contributed by atoms with Crippen LogP contribution in [-0.2, 0) is 19.1 Å². The molecule has 1 N–H and O–H groups in total. The Bertz CT molecular complexity index is 251. The van der Waals surface area contributed by atoms with E-state index >= 15 is 0 Å². The minimum atomic E-state index is -0.917. The molecule has 16 heavy (non-hydrogen) atoms. The number of aliphatic hydroxyl groups is 1. The van der Waals surface area contributed by atoms with Crippen molar-refractivity contribution in [2.75, 3.05) is 13.2 Å². The van der Waals surface area contributed by atoms with Crippen molar-refractivity contribution in [3.05, 3.63) is 0 Å². The Morgan fingerprint density at radius 1 is 1.56 bits per heavy atom. The molecule has 0 spiro atoms. The molecular weight excluding hydrogens is 212 g/mol. The highest BCUT2D eigenvalue weighted by molar-refractivity contribution is 5.88. The van der Waals surface area contributed by atoms with E-state index < -0.39 is 18.2 Å². The van der Waals surface area contributed by atoms with Crippen LogP contribution in [-0.4, -0.2) is 42.3 Å². The third kappa shape index (κ3) is 3.57. The molecular formula is C11H18O5. The molecule has 0 unspecified atom stereocenters. The van der Waals surface area contributed by atoms with Crippen molar-refractivity contribution in [1.29, 1.82) is 0 Å². The minimum absolute atomic E-state index is 0.0852. The molecule has 1 rings (SSSR count). The summed E-state index contributed by atoms with van der Waals surface area (Å²) in [6.07, 6.45) is 1.46. The molecule has 0 radical (unpaired) electrons. The van der Waals surface area contributed by atoms with Crippen LogP contribution in [0.1, 0.15) is 32.6 Å². The summed E-state index contributed by atoms with van der Waals surface area (Å²) in [6, 6.07) is 0. The number of ketones is 1. The number of rotatable bonds is 6. The number of aliphatic hydroxyl groups excluding tert-OH is 1. The lowest BCUT2D eigenvalue weighted by Gasteiger charge is -2.15. The second-order valence-corrected chi connectivity index (χ2v) is 3.87. The van der Waals surface area contributed by atoms with Gasteiger partial charge in [0.25, 0.3) is 0 Å². The van der Waals surface area contributed by atoms with Crippen LogP contribution in [0, 0.1) is 0 Å². The molecule has 0 amide bonds. The molecule has 0 bridgehead atoms. The molecule has 0 saturated carbocycles. The summed E-state index contributed by atoms with van der Waals surface area (Å²) < 4.78 is 9.98. The van der Waals surface area contributed by atoms with E-state index in [1.165, 1.54) is 0 Å². The van der Waals surface area contributed by atoms with Gasteiger partial charge in [-0.1, -0.05) is 19.8 Å². The maximum Gasteiger partial charge on any atom is 0.306 e. The lowest BCUT2D eigenvalue weighted by molar-refractivity contribution is -0.156. The zero-order valence-electron chi connectivity index (χ0n) is 9.48. The fraction of sp³-hybridized carbons (Fsp3) is 0.818. The zero-order valence-corrected chi connectivity index (χ0v) is 9.48. The van der Waals surface area contributed by atoms with Crippen molar-refractivity contribution in [3.63, 3.8) is 0 Å². The standard InChI is InChI=1S/C11H18O5/c1-2-3-4-5-10(14)16-11-8(13)7-15-9(11)6-12/h9,11-12H,2-7H2,1H3/t9-,11+/m0/s1. The van der Waals surface area contributed by atoms with Gasteiger partial charge in [0.15, 0.2) is 6.10 Å². The summed E-state index contributed by atoms with van der Waals surface area (Å²) in [5, 5.41) is 8.91. The molecule has 0 aromatic rings. The maximum absolute atomic E-state index is 11.4. The van der Waals surface area contributed by atoms with E-state index in [0.29, 0.717) is 6.42 Å². The quantitative estimate of drug-likeness (QED) is 0.529. The smallest absolute Gasteiger partial charge is 0.306 e. The Kier molecular flexibility index (Phi) is 5.42. The van der Waals surface area contributed by atoms with Gasteiger partial charge in [0.2, 0.25) is 5.78 Å². The Balaban J connectivity index is 2.34. The summed E-state index contributed by atoms with van der Waals surface area (Å²) in [5.74, 6) is -0.668. The average molecular weight is 230 g/mol. The predicted octanol–water partition coefficient (Wildman–Crippen LogP) is 0.439. The topological polar surface area (TPSA) is 72.8 Å². The van der Waals surface area contributed by atoms with Crippen LogP contribution in [0.2, 0.25) is 0 Å². The summed E-state index contributed by atoms with van der Waals surface area (Å²) >= 11 is 0. The Morgan fingerprint density at radius 3 is 2.94 bits per heavy atom. The van der Waals surface area contributed by atoms with Crippen molar-refractivity contribution in [1.82, 2.24) is 0 Å². The van der Waals surface area contributed by atoms with Gasteiger partial charge in [0, 0.05) is 6.42 Å². The number of hydrogen-bond acceptors (Lipinski definition) is 5. The summed E-state index contributed by atoms with van der Waals surface area (Å²) in [6.45, 7) is 1.65. The van der Waals surface area contributed by atoms with Gasteiger partial charge in [-0.05, 0) is 6.42 Å². The first-order valence-corrected chi connectivity index (χ1v) is 5.63. The highest BCUT2D eigenvalue weighted by Crippen LogP contribution is 2.15. The van der Waals surface area contributed by atoms with Crippen LogP contribution in [0.15, 0.2) is 0 Å². The lowest BCUT2D eigenvalue weighted by Crippen LogP contribution is -2.34. The third-order valence-electron chi connectivity index (χ3n) is 2.52. The first-order valence-electron chi connectivity index (χ1n) is 5.63. The second kappa shape index (κ2) is 6.60. The third-order valence-corrected chi connectivity index (χ3v) is 2.52. The first-order chi connectivity index (χ1) is 7.69. The van der Waals surface area contributed by atoms with Gasteiger partial charge in [-0.2, -0.15) is 0 Å². The van der Waals surface area contributed by atoms with Crippen LogP contribution in [0.25, 0.3) is 0 Å². The SMILES string of the molecule is CCCCCC(=O)O[C@@H]1C(=O)CO[C@H]1CO. The number of ether oxygens (including phenoxy) is 2. The number of carbonyl (C=O) groups excluding carboxylic acids is 2. The Hall–Kier alpha value is -0.940. The molecule has 1 saturated heterocycles. The van der Waals surface area contributed by atoms with E-state index in [0.717, 1.165) is 19.3 Å². The molecule has 1 aliphatic rings. The van der Waals surface area contributed by atoms with Crippen molar-refractivity contribution in [3.8, 4) is 0 Å². The van der Waals surface area contributed by atoms with Crippen molar-refractivity contribution in [2.45, 2.75) is 44.8 Å². The molecule has 1 aliphatic heterocycles. The van der Waals surface area contributed by atoms with Gasteiger partial charge >= 0.3 is 5.97 Å². The van der Waals surface area contributed by atoms with Crippen LogP contribution >= 0.6 is 0 Å². The monoisotopic (exact) mass is 230 g/mol. The number of hydrogen-bond donors (Lipinski definition) is 1. The molecule has 0 aliphatic carbocycles. The molecule has 0 aromatic heterocycles. The highest BCUT2D eigenvalue weighted by atomic mass is 16.6. The van der Waals surface area contributed by atoms with Crippen molar-refractivity contribution in [2.24, 2.45) is 0 Å². The predicted molar refractivity (Wildman–Crippen MR) is 55.9 cm³/mol. The molecule has 1 fully saturated rings. The summed E-state index contributed by atoms with van der Waals surface area (Å²) in [7, 11) is 0. The molecule has 0 aromatic carbocycles. The summed E-state index contributed by atoms with van der Waals surface area (Å²) in [4.78, 5) is 22.7. The van der Waals surface area contributed by atoms with E-state index in [2.05, 4.69) is 0 Å². The van der Waals surface area contributed by atoms with E-state index in [4.69, 9.17) is 14.6 Å². The van der Waals surface area contributed by atoms with E-state index in [-0.39, 0.29) is 19.0 Å². The normalized spacial score (nSPS) is 24.8. The maximum atomic E-state index is 11.4. The van der Waals surface area contributed by atoms with Crippen molar-refractivity contribution < 1.29 is 24.2 Å². The van der Waals surface area contributed by atoms with Gasteiger partial charge in [-0.15, -0.1) is 0 Å². The van der Waals surface area contributed by atoms with Gasteiger partial charge in [-0.25, -0.2) is 0 Å². The molecule has 5 nitrogen and oxygen atoms in total. The van der Waals surface area contributed by atoms with Gasteiger partial charge in [-0.3, -0.25) is 9.59 Å². The minimum Gasteiger partial charge on any atom is -0.451 e. The largest absolute Gasteiger partial charge is 0.451 e. The molecule has 5 heteroatoms. The fourth-order valence-corrected chi connectivity index (χ4v) is 1.58. The van der Waals surface area contributed by atoms with Gasteiger partial charge in [0.05, 0.1) is 6.61 Å². The lowest BCUT2D eigenvalue weighted by atomic mass is 10.1. The number of carbonyl (C=O) groups is 2. The van der Waals surface area contributed by atoms with Crippen LogP contribution < -0.4 is 0 Å². The van der Waals surface area contributed by atoms with Crippen LogP contribution in [0.4, 0.5) is 0 Å². The number of unbranched alkanes of at least 4 members (excludes halogenated alkanes) is 2. The van der Waals surface area contributed by atoms with E-state index in [9.17, 15) is 9.59 Å². The van der Waals surface area contributed by atoms with Crippen LogP contribution in [0.3, 0.4) is 0 Å². The van der Waals surface area contributed by atoms with E-state index in [1.807, 2.05) is 6.92 Å². The number of esters is 1. The molecule has 92 valence electrons. The van der Waals surface area contributed by atoms with Crippen molar-refractivity contribution >= 4 is 11.8 Å². The van der Waals surface area contributed by atoms with Gasteiger partial charge < -0.3 is 14.6 Å². The van der Waals surface area contributed by atoms with Crippen LogP contribution in [0.5, 0.6) is 0 Å². The van der Waals surface area contributed by atoms with E-state index in [1.54, 1.807) is 0 Å².